The molecule has 4 heteroatoms. The summed E-state index contributed by atoms with van der Waals surface area (Å²) in [6.07, 6.45) is -0.352. The van der Waals surface area contributed by atoms with E-state index in [1.54, 1.807) is 4.90 Å². The Labute approximate surface area is 108 Å². The number of hydrogen-bond donors (Lipinski definition) is 1. The first-order chi connectivity index (χ1) is 8.70. The molecule has 1 aromatic carbocycles. The van der Waals surface area contributed by atoms with Gasteiger partial charge >= 0.3 is 0 Å². The molecule has 4 nitrogen and oxygen atoms in total. The van der Waals surface area contributed by atoms with E-state index < -0.39 is 0 Å². The SMILES string of the molecule is CC(c1ccccc1)N(C)C(=O)C1CNCCO1. The van der Waals surface area contributed by atoms with Gasteiger partial charge in [-0.1, -0.05) is 30.3 Å². The molecule has 0 spiro atoms. The van der Waals surface area contributed by atoms with Crippen molar-refractivity contribution < 1.29 is 9.53 Å². The first-order valence-electron chi connectivity index (χ1n) is 6.34. The molecule has 2 unspecified atom stereocenters. The Bertz CT molecular complexity index is 388. The highest BCUT2D eigenvalue weighted by Gasteiger charge is 2.27. The Balaban J connectivity index is 2.01. The van der Waals surface area contributed by atoms with Gasteiger partial charge in [-0.05, 0) is 12.5 Å². The number of benzene rings is 1. The molecule has 0 radical (unpaired) electrons. The Morgan fingerprint density at radius 3 is 2.78 bits per heavy atom. The van der Waals surface area contributed by atoms with E-state index >= 15 is 0 Å². The van der Waals surface area contributed by atoms with Gasteiger partial charge in [-0.15, -0.1) is 0 Å². The van der Waals surface area contributed by atoms with Gasteiger partial charge in [0.2, 0.25) is 0 Å². The number of hydrogen-bond acceptors (Lipinski definition) is 3. The van der Waals surface area contributed by atoms with Gasteiger partial charge in [0.05, 0.1) is 12.6 Å². The van der Waals surface area contributed by atoms with E-state index in [0.717, 1.165) is 12.1 Å². The predicted octanol–water partition coefficient (Wildman–Crippen LogP) is 1.19. The number of carbonyl (C=O) groups is 1. The summed E-state index contributed by atoms with van der Waals surface area (Å²) in [6.45, 7) is 4.06. The summed E-state index contributed by atoms with van der Waals surface area (Å²) in [5, 5.41) is 3.18. The molecule has 0 aliphatic carbocycles. The highest BCUT2D eigenvalue weighted by Crippen LogP contribution is 2.19. The van der Waals surface area contributed by atoms with Crippen LogP contribution in [0.5, 0.6) is 0 Å². The Hall–Kier alpha value is -1.39. The molecular weight excluding hydrogens is 228 g/mol. The van der Waals surface area contributed by atoms with Crippen molar-refractivity contribution in [3.63, 3.8) is 0 Å². The normalized spacial score (nSPS) is 21.3. The molecule has 1 aromatic rings. The average Bonchev–Trinajstić information content (AvgIpc) is 2.47. The summed E-state index contributed by atoms with van der Waals surface area (Å²) in [5.74, 6) is 0.0403. The lowest BCUT2D eigenvalue weighted by Crippen LogP contribution is -2.48. The lowest BCUT2D eigenvalue weighted by atomic mass is 10.1. The van der Waals surface area contributed by atoms with E-state index in [2.05, 4.69) is 5.32 Å². The molecule has 1 aliphatic heterocycles. The second-order valence-corrected chi connectivity index (χ2v) is 4.60. The molecule has 2 rings (SSSR count). The lowest BCUT2D eigenvalue weighted by Gasteiger charge is -2.31. The zero-order valence-electron chi connectivity index (χ0n) is 10.9. The second-order valence-electron chi connectivity index (χ2n) is 4.60. The maximum atomic E-state index is 12.3. The van der Waals surface area contributed by atoms with Gasteiger partial charge in [-0.25, -0.2) is 0 Å². The van der Waals surface area contributed by atoms with Crippen LogP contribution in [-0.2, 0) is 9.53 Å². The van der Waals surface area contributed by atoms with Crippen molar-refractivity contribution >= 4 is 5.91 Å². The quantitative estimate of drug-likeness (QED) is 0.873. The third kappa shape index (κ3) is 2.89. The molecule has 18 heavy (non-hydrogen) atoms. The number of carbonyl (C=O) groups excluding carboxylic acids is 1. The van der Waals surface area contributed by atoms with Crippen LogP contribution in [0.15, 0.2) is 30.3 Å². The van der Waals surface area contributed by atoms with Crippen molar-refractivity contribution in [1.82, 2.24) is 10.2 Å². The second kappa shape index (κ2) is 5.98. The smallest absolute Gasteiger partial charge is 0.253 e. The van der Waals surface area contributed by atoms with Gasteiger partial charge in [0.15, 0.2) is 0 Å². The molecule has 1 fully saturated rings. The highest BCUT2D eigenvalue weighted by molar-refractivity contribution is 5.81. The third-order valence-corrected chi connectivity index (χ3v) is 3.41. The number of ether oxygens (including phenoxy) is 1. The van der Waals surface area contributed by atoms with Crippen LogP contribution in [0.25, 0.3) is 0 Å². The van der Waals surface area contributed by atoms with E-state index in [0.29, 0.717) is 13.2 Å². The largest absolute Gasteiger partial charge is 0.366 e. The summed E-state index contributed by atoms with van der Waals surface area (Å²) in [5.41, 5.74) is 1.14. The van der Waals surface area contributed by atoms with E-state index in [-0.39, 0.29) is 18.1 Å². The van der Waals surface area contributed by atoms with Crippen molar-refractivity contribution in [1.29, 1.82) is 0 Å². The van der Waals surface area contributed by atoms with Crippen LogP contribution in [0.3, 0.4) is 0 Å². The molecule has 98 valence electrons. The van der Waals surface area contributed by atoms with Crippen LogP contribution in [0, 0.1) is 0 Å². The van der Waals surface area contributed by atoms with Gasteiger partial charge in [-0.2, -0.15) is 0 Å². The van der Waals surface area contributed by atoms with E-state index in [9.17, 15) is 4.79 Å². The minimum absolute atomic E-state index is 0.0403. The minimum atomic E-state index is -0.352. The fourth-order valence-electron chi connectivity index (χ4n) is 2.10. The first kappa shape index (κ1) is 13.1. The molecule has 0 saturated carbocycles. The average molecular weight is 248 g/mol. The van der Waals surface area contributed by atoms with Crippen molar-refractivity contribution in [2.24, 2.45) is 0 Å². The van der Waals surface area contributed by atoms with Crippen molar-refractivity contribution in [3.8, 4) is 0 Å². The molecule has 1 saturated heterocycles. The summed E-state index contributed by atoms with van der Waals surface area (Å²) < 4.78 is 5.49. The number of nitrogens with one attached hydrogen (secondary N) is 1. The van der Waals surface area contributed by atoms with Crippen LogP contribution in [0.4, 0.5) is 0 Å². The summed E-state index contributed by atoms with van der Waals surface area (Å²) in [7, 11) is 1.83. The van der Waals surface area contributed by atoms with Crippen molar-refractivity contribution in [2.75, 3.05) is 26.7 Å². The van der Waals surface area contributed by atoms with Gasteiger partial charge in [-0.3, -0.25) is 4.79 Å². The topological polar surface area (TPSA) is 41.6 Å². The third-order valence-electron chi connectivity index (χ3n) is 3.41. The number of likely N-dealkylation sites (N-methyl/N-ethyl adjacent to an activating group) is 1. The fraction of sp³-hybridized carbons (Fsp3) is 0.500. The van der Waals surface area contributed by atoms with Crippen LogP contribution in [0.2, 0.25) is 0 Å². The number of amides is 1. The van der Waals surface area contributed by atoms with Gasteiger partial charge in [0.25, 0.3) is 5.91 Å². The molecular formula is C14H20N2O2. The Kier molecular flexibility index (Phi) is 4.33. The van der Waals surface area contributed by atoms with Crippen LogP contribution >= 0.6 is 0 Å². The summed E-state index contributed by atoms with van der Waals surface area (Å²) >= 11 is 0. The van der Waals surface area contributed by atoms with E-state index in [1.165, 1.54) is 0 Å². The monoisotopic (exact) mass is 248 g/mol. The lowest BCUT2D eigenvalue weighted by molar-refractivity contribution is -0.145. The van der Waals surface area contributed by atoms with E-state index in [1.807, 2.05) is 44.3 Å². The highest BCUT2D eigenvalue weighted by atomic mass is 16.5. The Morgan fingerprint density at radius 2 is 2.17 bits per heavy atom. The number of rotatable bonds is 3. The number of morpholine rings is 1. The molecule has 1 heterocycles. The first-order valence-corrected chi connectivity index (χ1v) is 6.34. The maximum Gasteiger partial charge on any atom is 0.253 e. The molecule has 1 aliphatic rings. The van der Waals surface area contributed by atoms with Gasteiger partial charge in [0.1, 0.15) is 6.10 Å². The zero-order valence-corrected chi connectivity index (χ0v) is 10.9. The molecule has 2 atom stereocenters. The van der Waals surface area contributed by atoms with Gasteiger partial charge < -0.3 is 15.0 Å². The number of nitrogens with zero attached hydrogens (tertiary/aromatic N) is 1. The molecule has 1 N–H and O–H groups in total. The molecule has 0 aromatic heterocycles. The van der Waals surface area contributed by atoms with Gasteiger partial charge in [0, 0.05) is 20.1 Å². The summed E-state index contributed by atoms with van der Waals surface area (Å²) in [4.78, 5) is 14.0. The zero-order chi connectivity index (χ0) is 13.0. The predicted molar refractivity (Wildman–Crippen MR) is 70.2 cm³/mol. The molecule has 1 amide bonds. The molecule has 0 bridgehead atoms. The van der Waals surface area contributed by atoms with Crippen LogP contribution in [-0.4, -0.2) is 43.7 Å². The standard InChI is InChI=1S/C14H20N2O2/c1-11(12-6-4-3-5-7-12)16(2)14(17)13-10-15-8-9-18-13/h3-7,11,13,15H,8-10H2,1-2H3. The van der Waals surface area contributed by atoms with Crippen LogP contribution < -0.4 is 5.32 Å². The summed E-state index contributed by atoms with van der Waals surface area (Å²) in [6, 6.07) is 10.1. The van der Waals surface area contributed by atoms with Crippen LogP contribution in [0.1, 0.15) is 18.5 Å². The minimum Gasteiger partial charge on any atom is -0.366 e. The fourth-order valence-corrected chi connectivity index (χ4v) is 2.10. The van der Waals surface area contributed by atoms with Crippen molar-refractivity contribution in [3.05, 3.63) is 35.9 Å². The van der Waals surface area contributed by atoms with Crippen molar-refractivity contribution in [2.45, 2.75) is 19.1 Å². The van der Waals surface area contributed by atoms with E-state index in [4.69, 9.17) is 4.74 Å². The maximum absolute atomic E-state index is 12.3. The Morgan fingerprint density at radius 1 is 1.44 bits per heavy atom.